The molecule has 126 valence electrons. The van der Waals surface area contributed by atoms with Crippen LogP contribution in [0.2, 0.25) is 10.3 Å². The number of anilines is 1. The Labute approximate surface area is 138 Å². The van der Waals surface area contributed by atoms with Gasteiger partial charge in [-0.3, -0.25) is 4.68 Å². The Bertz CT molecular complexity index is 814. The number of aryl methyl sites for hydroxylation is 1. The van der Waals surface area contributed by atoms with Gasteiger partial charge in [-0.15, -0.1) is 0 Å². The largest absolute Gasteiger partial charge is 0.393 e. The van der Waals surface area contributed by atoms with E-state index in [1.165, 1.54) is 17.9 Å². The van der Waals surface area contributed by atoms with Crippen LogP contribution in [-0.2, 0) is 23.5 Å². The van der Waals surface area contributed by atoms with Crippen molar-refractivity contribution < 1.29 is 21.6 Å². The van der Waals surface area contributed by atoms with Gasteiger partial charge in [-0.1, -0.05) is 23.2 Å². The molecule has 0 aromatic carbocycles. The maximum Gasteiger partial charge on any atom is 0.393 e. The lowest BCUT2D eigenvalue weighted by Crippen LogP contribution is -2.17. The maximum absolute atomic E-state index is 12.4. The summed E-state index contributed by atoms with van der Waals surface area (Å²) in [4.78, 5) is 6.79. The molecule has 2 heterocycles. The van der Waals surface area contributed by atoms with Gasteiger partial charge in [0.15, 0.2) is 0 Å². The first-order chi connectivity index (χ1) is 10.5. The van der Waals surface area contributed by atoms with E-state index in [1.807, 2.05) is 4.72 Å². The van der Waals surface area contributed by atoms with E-state index in [9.17, 15) is 21.6 Å². The second kappa shape index (κ2) is 6.13. The predicted octanol–water partition coefficient (Wildman–Crippen LogP) is 2.42. The Morgan fingerprint density at radius 1 is 1.26 bits per heavy atom. The average molecular weight is 390 g/mol. The van der Waals surface area contributed by atoms with Gasteiger partial charge in [0.1, 0.15) is 15.2 Å². The molecule has 0 amide bonds. The third-order valence-corrected chi connectivity index (χ3v) is 4.41. The van der Waals surface area contributed by atoms with Gasteiger partial charge in [-0.25, -0.2) is 13.1 Å². The van der Waals surface area contributed by atoms with Gasteiger partial charge in [0, 0.05) is 18.8 Å². The van der Waals surface area contributed by atoms with Crippen molar-refractivity contribution >= 4 is 39.2 Å². The van der Waals surface area contributed by atoms with Crippen LogP contribution in [0.1, 0.15) is 5.56 Å². The molecule has 2 aromatic heterocycles. The zero-order valence-corrected chi connectivity index (χ0v) is 13.6. The van der Waals surface area contributed by atoms with Crippen molar-refractivity contribution in [2.24, 2.45) is 7.05 Å². The van der Waals surface area contributed by atoms with E-state index < -0.39 is 44.4 Å². The van der Waals surface area contributed by atoms with Crippen LogP contribution in [0.5, 0.6) is 0 Å². The van der Waals surface area contributed by atoms with Crippen LogP contribution in [0, 0.1) is 0 Å². The summed E-state index contributed by atoms with van der Waals surface area (Å²) in [5.41, 5.74) is -0.537. The van der Waals surface area contributed by atoms with Crippen molar-refractivity contribution in [3.05, 3.63) is 28.3 Å². The number of sulfonamides is 1. The molecule has 0 radical (unpaired) electrons. The number of aromatic nitrogens is 4. The fourth-order valence-electron chi connectivity index (χ4n) is 1.54. The molecule has 2 aromatic rings. The topological polar surface area (TPSA) is 89.8 Å². The van der Waals surface area contributed by atoms with Crippen molar-refractivity contribution in [1.82, 2.24) is 19.7 Å². The minimum Gasteiger partial charge on any atom is -0.274 e. The van der Waals surface area contributed by atoms with Gasteiger partial charge in [-0.2, -0.15) is 28.2 Å². The Hall–Kier alpha value is -1.59. The van der Waals surface area contributed by atoms with E-state index in [4.69, 9.17) is 23.2 Å². The van der Waals surface area contributed by atoms with Crippen molar-refractivity contribution in [2.75, 3.05) is 4.72 Å². The molecule has 0 fully saturated rings. The third-order valence-electron chi connectivity index (χ3n) is 2.50. The summed E-state index contributed by atoms with van der Waals surface area (Å²) in [5, 5.41) is 2.51. The SMILES string of the molecule is Cn1cc(S(=O)(=O)Nc2nc(Cl)c(CC(F)(F)F)c(Cl)n2)cn1. The van der Waals surface area contributed by atoms with E-state index in [2.05, 4.69) is 15.1 Å². The first kappa shape index (κ1) is 17.8. The highest BCUT2D eigenvalue weighted by molar-refractivity contribution is 7.92. The molecule has 2 rings (SSSR count). The summed E-state index contributed by atoms with van der Waals surface area (Å²) in [5.74, 6) is -0.547. The molecule has 0 aliphatic rings. The molecule has 0 saturated heterocycles. The summed E-state index contributed by atoms with van der Waals surface area (Å²) in [6.45, 7) is 0. The summed E-state index contributed by atoms with van der Waals surface area (Å²) < 4.78 is 64.5. The highest BCUT2D eigenvalue weighted by Crippen LogP contribution is 2.30. The summed E-state index contributed by atoms with van der Waals surface area (Å²) in [6.07, 6.45) is -3.71. The molecule has 0 aliphatic carbocycles. The van der Waals surface area contributed by atoms with Crippen LogP contribution in [0.4, 0.5) is 19.1 Å². The predicted molar refractivity (Wildman–Crippen MR) is 75.8 cm³/mol. The smallest absolute Gasteiger partial charge is 0.274 e. The summed E-state index contributed by atoms with van der Waals surface area (Å²) >= 11 is 11.3. The number of alkyl halides is 3. The van der Waals surface area contributed by atoms with Crippen molar-refractivity contribution in [3.8, 4) is 0 Å². The van der Waals surface area contributed by atoms with Gasteiger partial charge < -0.3 is 0 Å². The first-order valence-corrected chi connectivity index (χ1v) is 8.02. The standard InChI is InChI=1S/C10H8Cl2F3N5O2S/c1-20-4-5(3-16-20)23(21,22)19-9-17-7(11)6(8(12)18-9)2-10(13,14)15/h3-4H,2H2,1H3,(H,17,18,19). The minimum atomic E-state index is -4.56. The Morgan fingerprint density at radius 3 is 2.26 bits per heavy atom. The first-order valence-electron chi connectivity index (χ1n) is 5.78. The lowest BCUT2D eigenvalue weighted by atomic mass is 10.2. The molecular weight excluding hydrogens is 382 g/mol. The molecule has 0 unspecified atom stereocenters. The number of rotatable bonds is 4. The van der Waals surface area contributed by atoms with Gasteiger partial charge in [0.25, 0.3) is 10.0 Å². The van der Waals surface area contributed by atoms with Crippen molar-refractivity contribution in [1.29, 1.82) is 0 Å². The number of hydrogen-bond donors (Lipinski definition) is 1. The Morgan fingerprint density at radius 2 is 1.83 bits per heavy atom. The fraction of sp³-hybridized carbons (Fsp3) is 0.300. The quantitative estimate of drug-likeness (QED) is 0.810. The average Bonchev–Trinajstić information content (AvgIpc) is 2.80. The highest BCUT2D eigenvalue weighted by atomic mass is 35.5. The fourth-order valence-corrected chi connectivity index (χ4v) is 2.99. The van der Waals surface area contributed by atoms with Gasteiger partial charge >= 0.3 is 6.18 Å². The van der Waals surface area contributed by atoms with Crippen LogP contribution in [0.25, 0.3) is 0 Å². The van der Waals surface area contributed by atoms with Crippen LogP contribution >= 0.6 is 23.2 Å². The molecule has 1 N–H and O–H groups in total. The Kier molecular flexibility index (Phi) is 4.74. The molecule has 0 atom stereocenters. The molecule has 0 bridgehead atoms. The summed E-state index contributed by atoms with van der Waals surface area (Å²) in [7, 11) is -2.56. The van der Waals surface area contributed by atoms with Gasteiger partial charge in [-0.05, 0) is 0 Å². The number of nitrogens with one attached hydrogen (secondary N) is 1. The monoisotopic (exact) mass is 389 g/mol. The lowest BCUT2D eigenvalue weighted by molar-refractivity contribution is -0.127. The van der Waals surface area contributed by atoms with Crippen LogP contribution in [0.15, 0.2) is 17.3 Å². The molecule has 0 saturated carbocycles. The van der Waals surface area contributed by atoms with Crippen LogP contribution < -0.4 is 4.72 Å². The van der Waals surface area contributed by atoms with Gasteiger partial charge in [0.2, 0.25) is 5.95 Å². The van der Waals surface area contributed by atoms with E-state index in [0.717, 1.165) is 6.20 Å². The van der Waals surface area contributed by atoms with E-state index in [1.54, 1.807) is 0 Å². The second-order valence-corrected chi connectivity index (χ2v) is 6.75. The zero-order chi connectivity index (χ0) is 17.4. The minimum absolute atomic E-state index is 0.185. The number of nitrogens with zero attached hydrogens (tertiary/aromatic N) is 4. The number of halogens is 5. The molecule has 7 nitrogen and oxygen atoms in total. The lowest BCUT2D eigenvalue weighted by Gasteiger charge is -2.11. The van der Waals surface area contributed by atoms with E-state index in [0.29, 0.717) is 0 Å². The highest BCUT2D eigenvalue weighted by Gasteiger charge is 2.31. The van der Waals surface area contributed by atoms with E-state index in [-0.39, 0.29) is 4.90 Å². The molecular formula is C10H8Cl2F3N5O2S. The normalized spacial score (nSPS) is 12.4. The molecule has 0 spiro atoms. The van der Waals surface area contributed by atoms with Crippen LogP contribution in [-0.4, -0.2) is 34.3 Å². The van der Waals surface area contributed by atoms with Crippen molar-refractivity contribution in [3.63, 3.8) is 0 Å². The zero-order valence-electron chi connectivity index (χ0n) is 11.3. The third kappa shape index (κ3) is 4.45. The second-order valence-electron chi connectivity index (χ2n) is 4.35. The maximum atomic E-state index is 12.4. The van der Waals surface area contributed by atoms with Crippen LogP contribution in [0.3, 0.4) is 0 Å². The van der Waals surface area contributed by atoms with E-state index >= 15 is 0 Å². The summed E-state index contributed by atoms with van der Waals surface area (Å²) in [6, 6.07) is 0. The van der Waals surface area contributed by atoms with Gasteiger partial charge in [0.05, 0.1) is 12.6 Å². The molecule has 23 heavy (non-hydrogen) atoms. The number of hydrogen-bond acceptors (Lipinski definition) is 5. The molecule has 0 aliphatic heterocycles. The van der Waals surface area contributed by atoms with Crippen molar-refractivity contribution in [2.45, 2.75) is 17.5 Å². The Balaban J connectivity index is 2.32. The molecule has 13 heteroatoms.